The Morgan fingerprint density at radius 3 is 2.72 bits per heavy atom. The molecule has 4 rings (SSSR count). The second kappa shape index (κ2) is 6.57. The number of aromatic nitrogens is 2. The standard InChI is InChI=1S/C18H21ClN4OS/c1-13(24)23(11-14-2-7-25-12-14)16-8-18(16)3-5-22(6-4-18)17-20-9-15(19)10-21-17/h2,7,9-10,12,16H,3-6,8,11H2,1H3/t16-/m0/s1. The van der Waals surface area contributed by atoms with Gasteiger partial charge in [0.15, 0.2) is 0 Å². The van der Waals surface area contributed by atoms with Gasteiger partial charge in [0.25, 0.3) is 0 Å². The number of carbonyl (C=O) groups is 1. The highest BCUT2D eigenvalue weighted by atomic mass is 35.5. The van der Waals surface area contributed by atoms with E-state index < -0.39 is 0 Å². The molecule has 1 saturated heterocycles. The third-order valence-electron chi connectivity index (χ3n) is 5.51. The Morgan fingerprint density at radius 2 is 2.12 bits per heavy atom. The van der Waals surface area contributed by atoms with Crippen molar-refractivity contribution in [2.24, 2.45) is 5.41 Å². The molecule has 1 atom stereocenters. The van der Waals surface area contributed by atoms with Gasteiger partial charge >= 0.3 is 0 Å². The highest BCUT2D eigenvalue weighted by molar-refractivity contribution is 7.07. The molecule has 25 heavy (non-hydrogen) atoms. The quantitative estimate of drug-likeness (QED) is 0.818. The largest absolute Gasteiger partial charge is 0.341 e. The minimum absolute atomic E-state index is 0.177. The van der Waals surface area contributed by atoms with Crippen LogP contribution in [0.2, 0.25) is 5.02 Å². The Bertz CT molecular complexity index is 741. The van der Waals surface area contributed by atoms with Gasteiger partial charge in [0, 0.05) is 32.6 Å². The smallest absolute Gasteiger partial charge is 0.225 e. The van der Waals surface area contributed by atoms with Crippen LogP contribution in [0.4, 0.5) is 5.95 Å². The fraction of sp³-hybridized carbons (Fsp3) is 0.500. The molecular weight excluding hydrogens is 356 g/mol. The van der Waals surface area contributed by atoms with Gasteiger partial charge in [-0.05, 0) is 47.1 Å². The molecule has 5 nitrogen and oxygen atoms in total. The van der Waals surface area contributed by atoms with E-state index in [0.717, 1.165) is 44.8 Å². The van der Waals surface area contributed by atoms with Crippen molar-refractivity contribution in [1.82, 2.24) is 14.9 Å². The predicted molar refractivity (Wildman–Crippen MR) is 99.9 cm³/mol. The fourth-order valence-electron chi connectivity index (χ4n) is 3.95. The monoisotopic (exact) mass is 376 g/mol. The lowest BCUT2D eigenvalue weighted by Gasteiger charge is -2.34. The van der Waals surface area contributed by atoms with E-state index in [0.29, 0.717) is 11.1 Å². The van der Waals surface area contributed by atoms with Crippen LogP contribution in [0.5, 0.6) is 0 Å². The Labute approximate surface area is 156 Å². The average molecular weight is 377 g/mol. The summed E-state index contributed by atoms with van der Waals surface area (Å²) >= 11 is 7.55. The van der Waals surface area contributed by atoms with Crippen LogP contribution in [-0.4, -0.2) is 39.9 Å². The minimum Gasteiger partial charge on any atom is -0.341 e. The maximum absolute atomic E-state index is 12.2. The van der Waals surface area contributed by atoms with E-state index in [-0.39, 0.29) is 11.3 Å². The second-order valence-electron chi connectivity index (χ2n) is 7.05. The molecule has 1 amide bonds. The number of carbonyl (C=O) groups excluding carboxylic acids is 1. The van der Waals surface area contributed by atoms with Gasteiger partial charge in [-0.3, -0.25) is 4.79 Å². The van der Waals surface area contributed by atoms with Crippen molar-refractivity contribution in [2.75, 3.05) is 18.0 Å². The number of amides is 1. The molecule has 0 unspecified atom stereocenters. The summed E-state index contributed by atoms with van der Waals surface area (Å²) in [4.78, 5) is 25.1. The number of thiophene rings is 1. The van der Waals surface area contributed by atoms with Crippen LogP contribution in [-0.2, 0) is 11.3 Å². The predicted octanol–water partition coefficient (Wildman–Crippen LogP) is 3.60. The molecule has 2 aliphatic rings. The molecular formula is C18H21ClN4OS. The van der Waals surface area contributed by atoms with Crippen LogP contribution in [0.25, 0.3) is 0 Å². The lowest BCUT2D eigenvalue weighted by Crippen LogP contribution is -2.40. The molecule has 1 aliphatic carbocycles. The van der Waals surface area contributed by atoms with E-state index in [2.05, 4.69) is 36.6 Å². The maximum atomic E-state index is 12.2. The van der Waals surface area contributed by atoms with Crippen molar-refractivity contribution >= 4 is 34.8 Å². The SMILES string of the molecule is CC(=O)N(Cc1ccsc1)[C@H]1CC12CCN(c1ncc(Cl)cn1)CC2. The zero-order valence-electron chi connectivity index (χ0n) is 14.2. The number of nitrogens with zero attached hydrogens (tertiary/aromatic N) is 4. The van der Waals surface area contributed by atoms with Gasteiger partial charge in [-0.15, -0.1) is 0 Å². The highest BCUT2D eigenvalue weighted by Crippen LogP contribution is 2.57. The van der Waals surface area contributed by atoms with Gasteiger partial charge in [-0.2, -0.15) is 11.3 Å². The molecule has 7 heteroatoms. The molecule has 0 bridgehead atoms. The van der Waals surface area contributed by atoms with Crippen LogP contribution in [0.15, 0.2) is 29.2 Å². The van der Waals surface area contributed by atoms with Crippen LogP contribution >= 0.6 is 22.9 Å². The van der Waals surface area contributed by atoms with Crippen molar-refractivity contribution in [3.8, 4) is 0 Å². The third-order valence-corrected chi connectivity index (χ3v) is 6.44. The number of hydrogen-bond donors (Lipinski definition) is 0. The summed E-state index contributed by atoms with van der Waals surface area (Å²) in [5.41, 5.74) is 1.51. The van der Waals surface area contributed by atoms with Crippen LogP contribution in [0.3, 0.4) is 0 Å². The van der Waals surface area contributed by atoms with E-state index >= 15 is 0 Å². The van der Waals surface area contributed by atoms with Gasteiger partial charge in [0.2, 0.25) is 11.9 Å². The molecule has 1 aliphatic heterocycles. The van der Waals surface area contributed by atoms with Gasteiger partial charge in [-0.25, -0.2) is 9.97 Å². The molecule has 0 N–H and O–H groups in total. The molecule has 3 heterocycles. The lowest BCUT2D eigenvalue weighted by atomic mass is 9.92. The van der Waals surface area contributed by atoms with E-state index in [1.165, 1.54) is 5.56 Å². The zero-order valence-corrected chi connectivity index (χ0v) is 15.8. The first-order valence-electron chi connectivity index (χ1n) is 8.58. The Kier molecular flexibility index (Phi) is 4.41. The topological polar surface area (TPSA) is 49.3 Å². The second-order valence-corrected chi connectivity index (χ2v) is 8.27. The molecule has 2 aromatic heterocycles. The molecule has 0 radical (unpaired) electrons. The maximum Gasteiger partial charge on any atom is 0.225 e. The fourth-order valence-corrected chi connectivity index (χ4v) is 4.70. The van der Waals surface area contributed by atoms with Crippen molar-refractivity contribution in [1.29, 1.82) is 0 Å². The highest BCUT2D eigenvalue weighted by Gasteiger charge is 2.58. The average Bonchev–Trinajstić information content (AvgIpc) is 3.04. The summed E-state index contributed by atoms with van der Waals surface area (Å²) in [7, 11) is 0. The van der Waals surface area contributed by atoms with Crippen molar-refractivity contribution < 1.29 is 4.79 Å². The van der Waals surface area contributed by atoms with E-state index in [4.69, 9.17) is 11.6 Å². The summed E-state index contributed by atoms with van der Waals surface area (Å²) in [5, 5.41) is 4.76. The molecule has 0 aromatic carbocycles. The summed E-state index contributed by atoms with van der Waals surface area (Å²) in [6.07, 6.45) is 6.57. The summed E-state index contributed by atoms with van der Waals surface area (Å²) in [6.45, 7) is 4.29. The van der Waals surface area contributed by atoms with Crippen LogP contribution < -0.4 is 4.90 Å². The Morgan fingerprint density at radius 1 is 1.40 bits per heavy atom. The van der Waals surface area contributed by atoms with Crippen molar-refractivity contribution in [3.63, 3.8) is 0 Å². The van der Waals surface area contributed by atoms with Gasteiger partial charge < -0.3 is 9.80 Å². The van der Waals surface area contributed by atoms with Crippen molar-refractivity contribution in [3.05, 3.63) is 39.8 Å². The van der Waals surface area contributed by atoms with E-state index in [1.807, 2.05) is 0 Å². The van der Waals surface area contributed by atoms with Gasteiger partial charge in [0.05, 0.1) is 17.4 Å². The lowest BCUT2D eigenvalue weighted by molar-refractivity contribution is -0.130. The first-order chi connectivity index (χ1) is 12.1. The molecule has 132 valence electrons. The van der Waals surface area contributed by atoms with Crippen LogP contribution in [0.1, 0.15) is 31.7 Å². The first kappa shape index (κ1) is 16.8. The molecule has 1 saturated carbocycles. The summed E-state index contributed by atoms with van der Waals surface area (Å²) in [5.74, 6) is 0.926. The van der Waals surface area contributed by atoms with Gasteiger partial charge in [-0.1, -0.05) is 11.6 Å². The summed E-state index contributed by atoms with van der Waals surface area (Å²) in [6, 6.07) is 2.48. The number of piperidine rings is 1. The number of anilines is 1. The van der Waals surface area contributed by atoms with Crippen LogP contribution in [0, 0.1) is 5.41 Å². The number of hydrogen-bond acceptors (Lipinski definition) is 5. The molecule has 1 spiro atoms. The minimum atomic E-state index is 0.177. The number of rotatable bonds is 4. The Balaban J connectivity index is 1.40. The molecule has 2 aromatic rings. The first-order valence-corrected chi connectivity index (χ1v) is 9.90. The van der Waals surface area contributed by atoms with E-state index in [1.54, 1.807) is 30.7 Å². The third kappa shape index (κ3) is 3.37. The zero-order chi connectivity index (χ0) is 17.4. The van der Waals surface area contributed by atoms with E-state index in [9.17, 15) is 4.79 Å². The van der Waals surface area contributed by atoms with Crippen molar-refractivity contribution in [2.45, 2.75) is 38.8 Å². The normalized spacial score (nSPS) is 21.4. The summed E-state index contributed by atoms with van der Waals surface area (Å²) < 4.78 is 0. The van der Waals surface area contributed by atoms with Gasteiger partial charge in [0.1, 0.15) is 0 Å². The number of halogens is 1. The molecule has 2 fully saturated rings. The Hall–Kier alpha value is -1.66.